The van der Waals surface area contributed by atoms with Crippen LogP contribution in [-0.4, -0.2) is 40.8 Å². The topological polar surface area (TPSA) is 67.9 Å². The van der Waals surface area contributed by atoms with E-state index in [-0.39, 0.29) is 30.8 Å². The minimum Gasteiger partial charge on any atom is -0.445 e. The van der Waals surface area contributed by atoms with Crippen LogP contribution in [0.5, 0.6) is 0 Å². The monoisotopic (exact) mass is 346 g/mol. The Morgan fingerprint density at radius 1 is 1.12 bits per heavy atom. The van der Waals surface area contributed by atoms with Gasteiger partial charge in [-0.25, -0.2) is 9.59 Å². The van der Waals surface area contributed by atoms with Crippen molar-refractivity contribution in [2.24, 2.45) is 0 Å². The standard InChI is InChI=1S/C19H26N2O4/c1-19(2,3)25-18(23)21-15-9-14(10-16(21)11-15)20-17(22)24-12-13-7-5-4-6-8-13/h4-8,14-16H,9-12H2,1-3H3,(H,20,22)/t14?,15-,16?/m1/s1. The van der Waals surface area contributed by atoms with Crippen LogP contribution >= 0.6 is 0 Å². The van der Waals surface area contributed by atoms with Crippen LogP contribution in [0.4, 0.5) is 9.59 Å². The molecule has 4 rings (SSSR count). The molecule has 1 aliphatic carbocycles. The molecular formula is C19H26N2O4. The van der Waals surface area contributed by atoms with E-state index in [9.17, 15) is 9.59 Å². The molecule has 2 aliphatic heterocycles. The Hall–Kier alpha value is -2.24. The van der Waals surface area contributed by atoms with Gasteiger partial charge in [0.1, 0.15) is 12.2 Å². The SMILES string of the molecule is CC(C)(C)OC(=O)N1C2CC(NC(=O)OCc3ccccc3)C[C@@H]1C2. The van der Waals surface area contributed by atoms with Crippen LogP contribution in [0.3, 0.4) is 0 Å². The zero-order valence-electron chi connectivity index (χ0n) is 15.0. The lowest BCUT2D eigenvalue weighted by molar-refractivity contribution is -0.0583. The van der Waals surface area contributed by atoms with Crippen LogP contribution in [-0.2, 0) is 16.1 Å². The Balaban J connectivity index is 1.43. The van der Waals surface area contributed by atoms with Crippen molar-refractivity contribution in [2.45, 2.75) is 70.4 Å². The highest BCUT2D eigenvalue weighted by Gasteiger charge is 2.49. The van der Waals surface area contributed by atoms with Crippen molar-refractivity contribution >= 4 is 12.2 Å². The van der Waals surface area contributed by atoms with Crippen molar-refractivity contribution in [1.82, 2.24) is 10.2 Å². The molecule has 25 heavy (non-hydrogen) atoms. The maximum absolute atomic E-state index is 12.2. The van der Waals surface area contributed by atoms with Crippen LogP contribution in [0, 0.1) is 0 Å². The second-order valence-corrected chi connectivity index (χ2v) is 7.81. The fourth-order valence-corrected chi connectivity index (χ4v) is 3.54. The van der Waals surface area contributed by atoms with E-state index in [2.05, 4.69) is 5.32 Å². The first-order valence-corrected chi connectivity index (χ1v) is 8.80. The van der Waals surface area contributed by atoms with Gasteiger partial charge in [0.2, 0.25) is 0 Å². The summed E-state index contributed by atoms with van der Waals surface area (Å²) in [4.78, 5) is 26.0. The molecular weight excluding hydrogens is 320 g/mol. The largest absolute Gasteiger partial charge is 0.445 e. The van der Waals surface area contributed by atoms with Gasteiger partial charge in [-0.2, -0.15) is 0 Å². The van der Waals surface area contributed by atoms with E-state index in [0.717, 1.165) is 24.8 Å². The first-order chi connectivity index (χ1) is 11.8. The van der Waals surface area contributed by atoms with E-state index in [1.807, 2.05) is 56.0 Å². The Morgan fingerprint density at radius 2 is 1.76 bits per heavy atom. The lowest BCUT2D eigenvalue weighted by Crippen LogP contribution is -2.66. The van der Waals surface area contributed by atoms with Crippen LogP contribution < -0.4 is 5.32 Å². The summed E-state index contributed by atoms with van der Waals surface area (Å²) in [6.45, 7) is 5.87. The van der Waals surface area contributed by atoms with Gasteiger partial charge < -0.3 is 19.7 Å². The first-order valence-electron chi connectivity index (χ1n) is 8.80. The van der Waals surface area contributed by atoms with E-state index >= 15 is 0 Å². The average molecular weight is 346 g/mol. The number of fused-ring (bicyclic) bond motifs is 2. The highest BCUT2D eigenvalue weighted by atomic mass is 16.6. The number of amides is 2. The minimum atomic E-state index is -0.486. The lowest BCUT2D eigenvalue weighted by atomic mass is 9.77. The third kappa shape index (κ3) is 4.44. The summed E-state index contributed by atoms with van der Waals surface area (Å²) in [6, 6.07) is 9.93. The van der Waals surface area contributed by atoms with Crippen molar-refractivity contribution in [2.75, 3.05) is 0 Å². The third-order valence-electron chi connectivity index (χ3n) is 4.58. The van der Waals surface area contributed by atoms with Gasteiger partial charge in [0.25, 0.3) is 0 Å². The lowest BCUT2D eigenvalue weighted by Gasteiger charge is -2.54. The maximum atomic E-state index is 12.2. The predicted molar refractivity (Wildman–Crippen MR) is 93.1 cm³/mol. The molecule has 1 N–H and O–H groups in total. The quantitative estimate of drug-likeness (QED) is 0.910. The van der Waals surface area contributed by atoms with Gasteiger partial charge in [0, 0.05) is 18.1 Å². The maximum Gasteiger partial charge on any atom is 0.410 e. The number of piperidine rings is 1. The normalized spacial score (nSPS) is 24.9. The summed E-state index contributed by atoms with van der Waals surface area (Å²) in [7, 11) is 0. The Kier molecular flexibility index (Phi) is 4.88. The highest BCUT2D eigenvalue weighted by Crippen LogP contribution is 2.39. The van der Waals surface area contributed by atoms with Gasteiger partial charge in [0.05, 0.1) is 0 Å². The summed E-state index contributed by atoms with van der Waals surface area (Å²) in [5.41, 5.74) is 0.472. The Bertz CT molecular complexity index is 614. The third-order valence-corrected chi connectivity index (χ3v) is 4.58. The van der Waals surface area contributed by atoms with Crippen molar-refractivity contribution in [1.29, 1.82) is 0 Å². The van der Waals surface area contributed by atoms with Crippen molar-refractivity contribution in [3.8, 4) is 0 Å². The number of nitrogens with one attached hydrogen (secondary N) is 1. The van der Waals surface area contributed by atoms with Gasteiger partial charge in [-0.05, 0) is 45.6 Å². The zero-order chi connectivity index (χ0) is 18.0. The van der Waals surface area contributed by atoms with Crippen molar-refractivity contribution in [3.63, 3.8) is 0 Å². The molecule has 3 atom stereocenters. The summed E-state index contributed by atoms with van der Waals surface area (Å²) in [6.07, 6.45) is 1.82. The van der Waals surface area contributed by atoms with Crippen LogP contribution in [0.25, 0.3) is 0 Å². The second kappa shape index (κ2) is 6.94. The fourth-order valence-electron chi connectivity index (χ4n) is 3.54. The number of carbonyl (C=O) groups is 2. The van der Waals surface area contributed by atoms with Gasteiger partial charge in [-0.3, -0.25) is 0 Å². The molecule has 6 nitrogen and oxygen atoms in total. The smallest absolute Gasteiger partial charge is 0.410 e. The Labute approximate surface area is 148 Å². The summed E-state index contributed by atoms with van der Waals surface area (Å²) >= 11 is 0. The predicted octanol–water partition coefficient (Wildman–Crippen LogP) is 3.45. The molecule has 2 bridgehead atoms. The van der Waals surface area contributed by atoms with E-state index in [1.54, 1.807) is 0 Å². The fraction of sp³-hybridized carbons (Fsp3) is 0.579. The van der Waals surface area contributed by atoms with E-state index in [0.29, 0.717) is 0 Å². The van der Waals surface area contributed by atoms with Gasteiger partial charge in [-0.15, -0.1) is 0 Å². The molecule has 0 spiro atoms. The van der Waals surface area contributed by atoms with Gasteiger partial charge in [-0.1, -0.05) is 30.3 Å². The Morgan fingerprint density at radius 3 is 2.36 bits per heavy atom. The molecule has 6 heteroatoms. The number of nitrogens with zero attached hydrogens (tertiary/aromatic N) is 1. The number of alkyl carbamates (subject to hydrolysis) is 1. The van der Waals surface area contributed by atoms with Crippen LogP contribution in [0.15, 0.2) is 30.3 Å². The molecule has 0 aromatic heterocycles. The molecule has 2 unspecified atom stereocenters. The number of ether oxygens (including phenoxy) is 2. The second-order valence-electron chi connectivity index (χ2n) is 7.81. The molecule has 2 amide bonds. The molecule has 136 valence electrons. The number of carbonyl (C=O) groups excluding carboxylic acids is 2. The van der Waals surface area contributed by atoms with Gasteiger partial charge in [0.15, 0.2) is 0 Å². The van der Waals surface area contributed by atoms with E-state index in [1.165, 1.54) is 0 Å². The molecule has 2 saturated heterocycles. The number of hydrogen-bond donors (Lipinski definition) is 1. The van der Waals surface area contributed by atoms with Crippen LogP contribution in [0.2, 0.25) is 0 Å². The van der Waals surface area contributed by atoms with Crippen LogP contribution in [0.1, 0.15) is 45.6 Å². The summed E-state index contributed by atoms with van der Waals surface area (Å²) < 4.78 is 10.7. The zero-order valence-corrected chi connectivity index (χ0v) is 15.0. The molecule has 1 aromatic carbocycles. The van der Waals surface area contributed by atoms with Gasteiger partial charge >= 0.3 is 12.2 Å². The molecule has 3 aliphatic rings. The molecule has 1 aromatic rings. The molecule has 2 heterocycles. The minimum absolute atomic E-state index is 0.0470. The number of rotatable bonds is 3. The first kappa shape index (κ1) is 17.6. The molecule has 3 fully saturated rings. The van der Waals surface area contributed by atoms with Crippen molar-refractivity contribution in [3.05, 3.63) is 35.9 Å². The average Bonchev–Trinajstić information content (AvgIpc) is 2.52. The van der Waals surface area contributed by atoms with E-state index < -0.39 is 11.7 Å². The molecule has 1 saturated carbocycles. The highest BCUT2D eigenvalue weighted by molar-refractivity contribution is 5.71. The summed E-state index contributed by atoms with van der Waals surface area (Å²) in [5.74, 6) is 0. The summed E-state index contributed by atoms with van der Waals surface area (Å²) in [5, 5.41) is 2.92. The van der Waals surface area contributed by atoms with E-state index in [4.69, 9.17) is 9.47 Å². The number of benzene rings is 1. The van der Waals surface area contributed by atoms with Crippen molar-refractivity contribution < 1.29 is 19.1 Å². The molecule has 0 radical (unpaired) electrons. The number of hydrogen-bond acceptors (Lipinski definition) is 4.